The lowest BCUT2D eigenvalue weighted by Gasteiger charge is -2.25. The van der Waals surface area contributed by atoms with E-state index >= 15 is 0 Å². The van der Waals surface area contributed by atoms with Gasteiger partial charge in [-0.1, -0.05) is 25.2 Å². The molecule has 18 heavy (non-hydrogen) atoms. The molecule has 4 unspecified atom stereocenters. The zero-order chi connectivity index (χ0) is 13.3. The molecule has 1 fully saturated rings. The molecule has 1 aliphatic heterocycles. The van der Waals surface area contributed by atoms with Crippen LogP contribution in [0.2, 0.25) is 0 Å². The lowest BCUT2D eigenvalue weighted by atomic mass is 9.80. The van der Waals surface area contributed by atoms with Gasteiger partial charge in [-0.15, -0.1) is 0 Å². The van der Waals surface area contributed by atoms with Gasteiger partial charge in [0.05, 0.1) is 12.0 Å². The van der Waals surface area contributed by atoms with Crippen molar-refractivity contribution in [2.75, 3.05) is 6.54 Å². The Bertz CT molecular complexity index is 425. The minimum Gasteiger partial charge on any atom is -0.481 e. The number of hydrogen-bond acceptors (Lipinski definition) is 3. The molecule has 0 aromatic heterocycles. The SMILES string of the molecule is CC(=O)C1NCCC1C1=CC(C(=O)O)C(C)C=C1. The molecule has 2 N–H and O–H groups in total. The number of nitrogens with one attached hydrogen (secondary N) is 1. The zero-order valence-corrected chi connectivity index (χ0v) is 10.7. The highest BCUT2D eigenvalue weighted by Gasteiger charge is 2.34. The monoisotopic (exact) mass is 249 g/mol. The first-order valence-corrected chi connectivity index (χ1v) is 6.37. The van der Waals surface area contributed by atoms with Gasteiger partial charge in [0, 0.05) is 5.92 Å². The lowest BCUT2D eigenvalue weighted by Crippen LogP contribution is -2.35. The van der Waals surface area contributed by atoms with Crippen LogP contribution in [0.4, 0.5) is 0 Å². The van der Waals surface area contributed by atoms with Gasteiger partial charge in [0.2, 0.25) is 0 Å². The molecule has 4 atom stereocenters. The van der Waals surface area contributed by atoms with Crippen LogP contribution in [0.5, 0.6) is 0 Å². The van der Waals surface area contributed by atoms with E-state index in [1.165, 1.54) is 0 Å². The number of carbonyl (C=O) groups is 2. The smallest absolute Gasteiger partial charge is 0.310 e. The number of ketones is 1. The molecule has 1 heterocycles. The van der Waals surface area contributed by atoms with Crippen LogP contribution >= 0.6 is 0 Å². The molecule has 2 aliphatic rings. The molecule has 0 spiro atoms. The average molecular weight is 249 g/mol. The van der Waals surface area contributed by atoms with Crippen LogP contribution in [0.1, 0.15) is 20.3 Å². The molecule has 0 aromatic rings. The van der Waals surface area contributed by atoms with Crippen molar-refractivity contribution in [1.82, 2.24) is 5.32 Å². The fraction of sp³-hybridized carbons (Fsp3) is 0.571. The number of Topliss-reactive ketones (excluding diaryl/α,β-unsaturated/α-hetero) is 1. The number of carboxylic acids is 1. The second-order valence-electron chi connectivity index (χ2n) is 5.19. The van der Waals surface area contributed by atoms with E-state index in [9.17, 15) is 14.7 Å². The summed E-state index contributed by atoms with van der Waals surface area (Å²) in [4.78, 5) is 22.7. The Morgan fingerprint density at radius 2 is 2.17 bits per heavy atom. The zero-order valence-electron chi connectivity index (χ0n) is 10.7. The molecule has 4 nitrogen and oxygen atoms in total. The van der Waals surface area contributed by atoms with Crippen LogP contribution in [-0.2, 0) is 9.59 Å². The van der Waals surface area contributed by atoms with E-state index in [0.29, 0.717) is 0 Å². The molecule has 0 amide bonds. The normalized spacial score (nSPS) is 35.3. The number of allylic oxidation sites excluding steroid dienone is 2. The Labute approximate surface area is 107 Å². The second kappa shape index (κ2) is 5.06. The minimum atomic E-state index is -0.797. The van der Waals surface area contributed by atoms with Crippen LogP contribution in [0.15, 0.2) is 23.8 Å². The van der Waals surface area contributed by atoms with Gasteiger partial charge >= 0.3 is 5.97 Å². The van der Waals surface area contributed by atoms with Gasteiger partial charge in [-0.05, 0) is 31.4 Å². The van der Waals surface area contributed by atoms with Crippen molar-refractivity contribution in [2.24, 2.45) is 17.8 Å². The van der Waals surface area contributed by atoms with Crippen LogP contribution < -0.4 is 5.32 Å². The molecule has 0 bridgehead atoms. The van der Waals surface area contributed by atoms with Crippen LogP contribution in [-0.4, -0.2) is 29.4 Å². The van der Waals surface area contributed by atoms with Crippen molar-refractivity contribution >= 4 is 11.8 Å². The molecule has 1 aliphatic carbocycles. The van der Waals surface area contributed by atoms with E-state index in [4.69, 9.17) is 0 Å². The lowest BCUT2D eigenvalue weighted by molar-refractivity contribution is -0.141. The Morgan fingerprint density at radius 1 is 1.44 bits per heavy atom. The maximum atomic E-state index is 11.5. The Hall–Kier alpha value is -1.42. The fourth-order valence-corrected chi connectivity index (χ4v) is 2.83. The quantitative estimate of drug-likeness (QED) is 0.793. The van der Waals surface area contributed by atoms with Gasteiger partial charge in [-0.2, -0.15) is 0 Å². The Kier molecular flexibility index (Phi) is 3.66. The van der Waals surface area contributed by atoms with E-state index < -0.39 is 11.9 Å². The van der Waals surface area contributed by atoms with Gasteiger partial charge in [-0.3, -0.25) is 9.59 Å². The van der Waals surface area contributed by atoms with Crippen molar-refractivity contribution in [2.45, 2.75) is 26.3 Å². The Morgan fingerprint density at radius 3 is 2.78 bits per heavy atom. The molecule has 4 heteroatoms. The molecule has 0 radical (unpaired) electrons. The van der Waals surface area contributed by atoms with E-state index in [2.05, 4.69) is 5.32 Å². The topological polar surface area (TPSA) is 66.4 Å². The van der Waals surface area contributed by atoms with E-state index in [1.807, 2.05) is 25.2 Å². The van der Waals surface area contributed by atoms with Crippen molar-refractivity contribution in [1.29, 1.82) is 0 Å². The van der Waals surface area contributed by atoms with Crippen molar-refractivity contribution < 1.29 is 14.7 Å². The molecule has 0 aromatic carbocycles. The van der Waals surface area contributed by atoms with E-state index in [0.717, 1.165) is 18.5 Å². The highest BCUT2D eigenvalue weighted by molar-refractivity contribution is 5.83. The van der Waals surface area contributed by atoms with Crippen molar-refractivity contribution in [3.05, 3.63) is 23.8 Å². The van der Waals surface area contributed by atoms with Gasteiger partial charge in [0.1, 0.15) is 5.78 Å². The molecule has 0 saturated carbocycles. The van der Waals surface area contributed by atoms with E-state index in [-0.39, 0.29) is 23.7 Å². The van der Waals surface area contributed by atoms with Crippen LogP contribution in [0.25, 0.3) is 0 Å². The molecular weight excluding hydrogens is 230 g/mol. The summed E-state index contributed by atoms with van der Waals surface area (Å²) in [6, 6.07) is -0.163. The van der Waals surface area contributed by atoms with E-state index in [1.54, 1.807) is 6.92 Å². The maximum absolute atomic E-state index is 11.5. The third-order valence-corrected chi connectivity index (χ3v) is 3.90. The molecule has 1 saturated heterocycles. The predicted octanol–water partition coefficient (Wildman–Crippen LogP) is 1.39. The highest BCUT2D eigenvalue weighted by Crippen LogP contribution is 2.32. The standard InChI is InChI=1S/C14H19NO3/c1-8-3-4-10(7-12(8)14(17)18)11-5-6-15-13(11)9(2)16/h3-4,7-8,11-13,15H,5-6H2,1-2H3,(H,17,18). The summed E-state index contributed by atoms with van der Waals surface area (Å²) in [5.74, 6) is -1.02. The molecular formula is C14H19NO3. The third-order valence-electron chi connectivity index (χ3n) is 3.90. The molecule has 98 valence electrons. The van der Waals surface area contributed by atoms with Gasteiger partial charge in [0.15, 0.2) is 0 Å². The summed E-state index contributed by atoms with van der Waals surface area (Å²) >= 11 is 0. The summed E-state index contributed by atoms with van der Waals surface area (Å²) in [6.07, 6.45) is 6.63. The predicted molar refractivity (Wildman–Crippen MR) is 68.1 cm³/mol. The largest absolute Gasteiger partial charge is 0.481 e. The summed E-state index contributed by atoms with van der Waals surface area (Å²) in [5.41, 5.74) is 0.991. The number of aliphatic carboxylic acids is 1. The first-order valence-electron chi connectivity index (χ1n) is 6.37. The number of rotatable bonds is 3. The van der Waals surface area contributed by atoms with Gasteiger partial charge in [-0.25, -0.2) is 0 Å². The number of carboxylic acid groups (broad SMARTS) is 1. The van der Waals surface area contributed by atoms with Crippen LogP contribution in [0.3, 0.4) is 0 Å². The number of carbonyl (C=O) groups excluding carboxylic acids is 1. The van der Waals surface area contributed by atoms with Crippen molar-refractivity contribution in [3.63, 3.8) is 0 Å². The third kappa shape index (κ3) is 2.38. The second-order valence-corrected chi connectivity index (χ2v) is 5.19. The highest BCUT2D eigenvalue weighted by atomic mass is 16.4. The minimum absolute atomic E-state index is 0.0105. The first-order chi connectivity index (χ1) is 8.50. The van der Waals surface area contributed by atoms with Crippen molar-refractivity contribution in [3.8, 4) is 0 Å². The summed E-state index contributed by atoms with van der Waals surface area (Å²) in [6.45, 7) is 4.30. The van der Waals surface area contributed by atoms with Gasteiger partial charge < -0.3 is 10.4 Å². The summed E-state index contributed by atoms with van der Waals surface area (Å²) in [7, 11) is 0. The molecule has 2 rings (SSSR count). The summed E-state index contributed by atoms with van der Waals surface area (Å²) in [5, 5.41) is 12.4. The Balaban J connectivity index is 2.23. The maximum Gasteiger partial charge on any atom is 0.310 e. The fourth-order valence-electron chi connectivity index (χ4n) is 2.83. The first kappa shape index (κ1) is 13.0. The van der Waals surface area contributed by atoms with Gasteiger partial charge in [0.25, 0.3) is 0 Å². The summed E-state index contributed by atoms with van der Waals surface area (Å²) < 4.78 is 0. The average Bonchev–Trinajstić information content (AvgIpc) is 2.78. The van der Waals surface area contributed by atoms with Crippen LogP contribution in [0, 0.1) is 17.8 Å². The number of hydrogen-bond donors (Lipinski definition) is 2.